The molecule has 0 bridgehead atoms. The summed E-state index contributed by atoms with van der Waals surface area (Å²) in [5.74, 6) is 0.448. The number of guanidine groups is 1. The Labute approximate surface area is 77.9 Å². The summed E-state index contributed by atoms with van der Waals surface area (Å²) in [6, 6.07) is 4.05. The van der Waals surface area contributed by atoms with Crippen LogP contribution in [0, 0.1) is 0 Å². The summed E-state index contributed by atoms with van der Waals surface area (Å²) in [7, 11) is 1.65. The van der Waals surface area contributed by atoms with Crippen LogP contribution >= 0.6 is 0 Å². The van der Waals surface area contributed by atoms with Crippen LogP contribution in [0.5, 0.6) is 0 Å². The summed E-state index contributed by atoms with van der Waals surface area (Å²) in [6.07, 6.45) is 3.51. The van der Waals surface area contributed by atoms with Gasteiger partial charge in [-0.2, -0.15) is 0 Å². The van der Waals surface area contributed by atoms with Crippen LogP contribution in [0.25, 0.3) is 0 Å². The highest BCUT2D eigenvalue weighted by Gasteiger charge is 2.03. The van der Waals surface area contributed by atoms with Gasteiger partial charge in [0, 0.05) is 19.4 Å². The molecule has 0 aromatic carbocycles. The van der Waals surface area contributed by atoms with Crippen molar-refractivity contribution in [1.29, 1.82) is 0 Å². The van der Waals surface area contributed by atoms with Crippen molar-refractivity contribution in [1.82, 2.24) is 10.3 Å². The summed E-state index contributed by atoms with van der Waals surface area (Å²) in [4.78, 5) is 7.76. The molecule has 0 aliphatic carbocycles. The van der Waals surface area contributed by atoms with Gasteiger partial charge in [0.05, 0.1) is 6.04 Å². The third-order valence-corrected chi connectivity index (χ3v) is 1.81. The predicted molar refractivity (Wildman–Crippen MR) is 53.3 cm³/mol. The second kappa shape index (κ2) is 4.45. The molecule has 0 saturated carbocycles. The molecule has 1 heterocycles. The van der Waals surface area contributed by atoms with Crippen molar-refractivity contribution < 1.29 is 0 Å². The Morgan fingerprint density at radius 3 is 2.69 bits per heavy atom. The maximum Gasteiger partial charge on any atom is 0.188 e. The van der Waals surface area contributed by atoms with Crippen LogP contribution in [0.2, 0.25) is 0 Å². The summed E-state index contributed by atoms with van der Waals surface area (Å²) in [6.45, 7) is 2.02. The molecule has 0 saturated heterocycles. The fraction of sp³-hybridized carbons (Fsp3) is 0.333. The van der Waals surface area contributed by atoms with Crippen LogP contribution in [0.15, 0.2) is 29.5 Å². The van der Waals surface area contributed by atoms with E-state index in [0.717, 1.165) is 5.56 Å². The van der Waals surface area contributed by atoms with E-state index in [0.29, 0.717) is 5.96 Å². The summed E-state index contributed by atoms with van der Waals surface area (Å²) in [5, 5.41) is 3.05. The van der Waals surface area contributed by atoms with Gasteiger partial charge in [0.2, 0.25) is 0 Å². The third kappa shape index (κ3) is 2.74. The average molecular weight is 178 g/mol. The minimum absolute atomic E-state index is 0.159. The number of hydrogen-bond donors (Lipinski definition) is 2. The number of aliphatic imine (C=N–C) groups is 1. The van der Waals surface area contributed by atoms with Gasteiger partial charge in [0.15, 0.2) is 5.96 Å². The zero-order valence-corrected chi connectivity index (χ0v) is 7.86. The van der Waals surface area contributed by atoms with Gasteiger partial charge in [-0.05, 0) is 24.6 Å². The van der Waals surface area contributed by atoms with Gasteiger partial charge in [0.1, 0.15) is 0 Å². The highest BCUT2D eigenvalue weighted by molar-refractivity contribution is 5.78. The van der Waals surface area contributed by atoms with Crippen molar-refractivity contribution in [3.05, 3.63) is 30.1 Å². The van der Waals surface area contributed by atoms with Crippen LogP contribution in [-0.4, -0.2) is 18.0 Å². The molecule has 3 N–H and O–H groups in total. The standard InChI is InChI=1S/C9H14N4/c1-7(13-9(10)11-2)8-3-5-12-6-4-8/h3-7H,1-2H3,(H3,10,11,13). The molecule has 1 aromatic heterocycles. The van der Waals surface area contributed by atoms with E-state index in [9.17, 15) is 0 Å². The molecule has 1 unspecified atom stereocenters. The van der Waals surface area contributed by atoms with Gasteiger partial charge in [-0.3, -0.25) is 9.98 Å². The fourth-order valence-electron chi connectivity index (χ4n) is 1.02. The van der Waals surface area contributed by atoms with Crippen molar-refractivity contribution in [3.8, 4) is 0 Å². The summed E-state index contributed by atoms with van der Waals surface area (Å²) in [5.41, 5.74) is 6.67. The quantitative estimate of drug-likeness (QED) is 0.517. The number of nitrogens with one attached hydrogen (secondary N) is 1. The molecule has 0 aliphatic rings. The molecule has 13 heavy (non-hydrogen) atoms. The molecular formula is C9H14N4. The largest absolute Gasteiger partial charge is 0.370 e. The third-order valence-electron chi connectivity index (χ3n) is 1.81. The van der Waals surface area contributed by atoms with Crippen molar-refractivity contribution in [2.45, 2.75) is 13.0 Å². The molecule has 1 atom stereocenters. The van der Waals surface area contributed by atoms with E-state index in [1.54, 1.807) is 19.4 Å². The second-order valence-corrected chi connectivity index (χ2v) is 2.76. The second-order valence-electron chi connectivity index (χ2n) is 2.76. The Hall–Kier alpha value is -1.58. The Balaban J connectivity index is 2.64. The van der Waals surface area contributed by atoms with Crippen LogP contribution < -0.4 is 11.1 Å². The number of hydrogen-bond acceptors (Lipinski definition) is 2. The van der Waals surface area contributed by atoms with Gasteiger partial charge in [0.25, 0.3) is 0 Å². The van der Waals surface area contributed by atoms with Gasteiger partial charge in [-0.25, -0.2) is 0 Å². The Bertz CT molecular complexity index is 281. The monoisotopic (exact) mass is 178 g/mol. The van der Waals surface area contributed by atoms with Gasteiger partial charge < -0.3 is 11.1 Å². The van der Waals surface area contributed by atoms with E-state index in [-0.39, 0.29) is 6.04 Å². The molecular weight excluding hydrogens is 164 g/mol. The molecule has 0 fully saturated rings. The average Bonchev–Trinajstić information content (AvgIpc) is 2.19. The van der Waals surface area contributed by atoms with Crippen LogP contribution in [0.3, 0.4) is 0 Å². The lowest BCUT2D eigenvalue weighted by atomic mass is 10.1. The van der Waals surface area contributed by atoms with E-state index in [2.05, 4.69) is 15.3 Å². The maximum absolute atomic E-state index is 5.53. The van der Waals surface area contributed by atoms with Crippen molar-refractivity contribution in [2.75, 3.05) is 7.05 Å². The number of nitrogens with two attached hydrogens (primary N) is 1. The smallest absolute Gasteiger partial charge is 0.188 e. The lowest BCUT2D eigenvalue weighted by molar-refractivity contribution is 0.709. The zero-order chi connectivity index (χ0) is 9.68. The molecule has 0 spiro atoms. The molecule has 70 valence electrons. The van der Waals surface area contributed by atoms with Crippen LogP contribution in [0.4, 0.5) is 0 Å². The van der Waals surface area contributed by atoms with E-state index >= 15 is 0 Å². The van der Waals surface area contributed by atoms with E-state index < -0.39 is 0 Å². The molecule has 0 amide bonds. The molecule has 1 aromatic rings. The van der Waals surface area contributed by atoms with Crippen molar-refractivity contribution >= 4 is 5.96 Å². The van der Waals surface area contributed by atoms with Crippen LogP contribution in [-0.2, 0) is 0 Å². The highest BCUT2D eigenvalue weighted by atomic mass is 15.1. The van der Waals surface area contributed by atoms with Crippen molar-refractivity contribution in [2.24, 2.45) is 10.7 Å². The Morgan fingerprint density at radius 1 is 1.54 bits per heavy atom. The highest BCUT2D eigenvalue weighted by Crippen LogP contribution is 2.08. The number of pyridine rings is 1. The molecule has 0 aliphatic heterocycles. The summed E-state index contributed by atoms with van der Waals surface area (Å²) >= 11 is 0. The normalized spacial score (nSPS) is 13.8. The first kappa shape index (κ1) is 9.51. The Kier molecular flexibility index (Phi) is 3.25. The van der Waals surface area contributed by atoms with E-state index in [1.807, 2.05) is 19.1 Å². The molecule has 0 radical (unpaired) electrons. The lowest BCUT2D eigenvalue weighted by Crippen LogP contribution is -2.33. The Morgan fingerprint density at radius 2 is 2.15 bits per heavy atom. The molecule has 1 rings (SSSR count). The SMILES string of the molecule is CN=C(N)NC(C)c1ccncc1. The number of aromatic nitrogens is 1. The molecule has 4 nitrogen and oxygen atoms in total. The first-order valence-corrected chi connectivity index (χ1v) is 4.12. The zero-order valence-electron chi connectivity index (χ0n) is 7.86. The minimum Gasteiger partial charge on any atom is -0.370 e. The van der Waals surface area contributed by atoms with E-state index in [1.165, 1.54) is 0 Å². The van der Waals surface area contributed by atoms with Crippen molar-refractivity contribution in [3.63, 3.8) is 0 Å². The maximum atomic E-state index is 5.53. The molecule has 4 heteroatoms. The van der Waals surface area contributed by atoms with E-state index in [4.69, 9.17) is 5.73 Å². The van der Waals surface area contributed by atoms with Crippen LogP contribution in [0.1, 0.15) is 18.5 Å². The topological polar surface area (TPSA) is 63.3 Å². The first-order valence-electron chi connectivity index (χ1n) is 4.12. The number of rotatable bonds is 2. The number of nitrogens with zero attached hydrogens (tertiary/aromatic N) is 2. The first-order chi connectivity index (χ1) is 6.24. The van der Waals surface area contributed by atoms with Gasteiger partial charge in [-0.15, -0.1) is 0 Å². The fourth-order valence-corrected chi connectivity index (χ4v) is 1.02. The van der Waals surface area contributed by atoms with Gasteiger partial charge in [-0.1, -0.05) is 0 Å². The summed E-state index contributed by atoms with van der Waals surface area (Å²) < 4.78 is 0. The minimum atomic E-state index is 0.159. The lowest BCUT2D eigenvalue weighted by Gasteiger charge is -2.13. The predicted octanol–water partition coefficient (Wildman–Crippen LogP) is 0.677. The van der Waals surface area contributed by atoms with Gasteiger partial charge >= 0.3 is 0 Å².